The van der Waals surface area contributed by atoms with Crippen LogP contribution in [0.2, 0.25) is 0 Å². The predicted molar refractivity (Wildman–Crippen MR) is 147 cm³/mol. The fourth-order valence-corrected chi connectivity index (χ4v) is 4.84. The molecule has 0 spiro atoms. The van der Waals surface area contributed by atoms with Crippen LogP contribution in [0.1, 0.15) is 48.8 Å². The van der Waals surface area contributed by atoms with E-state index >= 15 is 0 Å². The maximum atomic E-state index is 12.5. The Labute approximate surface area is 224 Å². The average molecular weight is 529 g/mol. The molecule has 0 saturated carbocycles. The van der Waals surface area contributed by atoms with Crippen LogP contribution in [0.25, 0.3) is 11.0 Å². The number of hydroxylamine groups is 1. The number of nitrogens with zero attached hydrogens (tertiary/aromatic N) is 1. The van der Waals surface area contributed by atoms with Gasteiger partial charge in [0.25, 0.3) is 0 Å². The van der Waals surface area contributed by atoms with Gasteiger partial charge in [-0.25, -0.2) is 10.3 Å². The smallest absolute Gasteiger partial charge is 0.339 e. The van der Waals surface area contributed by atoms with Crippen LogP contribution >= 0.6 is 12.4 Å². The van der Waals surface area contributed by atoms with E-state index in [0.717, 1.165) is 35.2 Å². The van der Waals surface area contributed by atoms with Crippen LogP contribution in [-0.4, -0.2) is 42.3 Å². The molecule has 1 fully saturated rings. The number of carbonyl (C=O) groups is 1. The molecule has 4 rings (SSSR count). The van der Waals surface area contributed by atoms with Gasteiger partial charge in [-0.1, -0.05) is 30.7 Å². The Morgan fingerprint density at radius 2 is 1.86 bits per heavy atom. The Kier molecular flexibility index (Phi) is 11.0. The molecule has 1 atom stereocenters. The number of fused-ring (bicyclic) bond motifs is 1. The summed E-state index contributed by atoms with van der Waals surface area (Å²) in [6, 6.07) is 15.4. The van der Waals surface area contributed by atoms with Gasteiger partial charge in [0, 0.05) is 23.4 Å². The third kappa shape index (κ3) is 8.32. The standard InChI is InChI=1S/C29H36N2O5.ClH/c1-21-6-10-23-19-25(29(33)36-27(23)18-21)20-24(28(32)30-34)11-7-22-8-12-26(13-9-22)35-17-5-16-31-14-3-2-4-15-31;/h6,8-10,12-13,18-19,24,34H,2-5,7,11,14-17,20H2,1H3,(H,30,32);1H. The second-order valence-electron chi connectivity index (χ2n) is 9.76. The van der Waals surface area contributed by atoms with E-state index in [2.05, 4.69) is 4.90 Å². The lowest BCUT2D eigenvalue weighted by atomic mass is 9.92. The lowest BCUT2D eigenvalue weighted by Crippen LogP contribution is -2.31. The number of ether oxygens (including phenoxy) is 1. The van der Waals surface area contributed by atoms with Crippen molar-refractivity contribution in [3.8, 4) is 5.75 Å². The molecule has 200 valence electrons. The molecule has 3 aromatic rings. The summed E-state index contributed by atoms with van der Waals surface area (Å²) in [4.78, 5) is 27.4. The zero-order valence-electron chi connectivity index (χ0n) is 21.4. The van der Waals surface area contributed by atoms with Crippen molar-refractivity contribution >= 4 is 29.3 Å². The minimum Gasteiger partial charge on any atom is -0.494 e. The van der Waals surface area contributed by atoms with Crippen molar-refractivity contribution in [3.05, 3.63) is 75.6 Å². The van der Waals surface area contributed by atoms with E-state index in [-0.39, 0.29) is 18.8 Å². The number of aryl methyl sites for hydroxylation is 2. The van der Waals surface area contributed by atoms with E-state index < -0.39 is 17.5 Å². The van der Waals surface area contributed by atoms with Crippen molar-refractivity contribution < 1.29 is 19.2 Å². The van der Waals surface area contributed by atoms with Crippen molar-refractivity contribution in [3.63, 3.8) is 0 Å². The normalized spacial score (nSPS) is 14.6. The van der Waals surface area contributed by atoms with Gasteiger partial charge in [0.15, 0.2) is 0 Å². The number of nitrogens with one attached hydrogen (secondary N) is 1. The highest BCUT2D eigenvalue weighted by molar-refractivity contribution is 5.85. The SMILES string of the molecule is Cc1ccc2cc(CC(CCc3ccc(OCCCN4CCCCC4)cc3)C(=O)NO)c(=O)oc2c1.Cl. The molecule has 1 unspecified atom stereocenters. The van der Waals surface area contributed by atoms with Crippen molar-refractivity contribution in [1.82, 2.24) is 10.4 Å². The topological polar surface area (TPSA) is 92.0 Å². The van der Waals surface area contributed by atoms with E-state index in [1.807, 2.05) is 49.4 Å². The van der Waals surface area contributed by atoms with Gasteiger partial charge in [-0.2, -0.15) is 0 Å². The molecule has 2 heterocycles. The average Bonchev–Trinajstić information content (AvgIpc) is 2.90. The molecular formula is C29H37ClN2O5. The highest BCUT2D eigenvalue weighted by Gasteiger charge is 2.21. The molecule has 0 aliphatic carbocycles. The molecule has 1 aliphatic rings. The van der Waals surface area contributed by atoms with Crippen molar-refractivity contribution in [1.29, 1.82) is 0 Å². The molecule has 7 nitrogen and oxygen atoms in total. The summed E-state index contributed by atoms with van der Waals surface area (Å²) >= 11 is 0. The van der Waals surface area contributed by atoms with Crippen molar-refractivity contribution in [2.24, 2.45) is 5.92 Å². The second-order valence-corrected chi connectivity index (χ2v) is 9.76. The Morgan fingerprint density at radius 3 is 2.59 bits per heavy atom. The van der Waals surface area contributed by atoms with Crippen molar-refractivity contribution in [2.45, 2.75) is 51.9 Å². The van der Waals surface area contributed by atoms with Gasteiger partial charge in [0.1, 0.15) is 11.3 Å². The van der Waals surface area contributed by atoms with E-state index in [1.54, 1.807) is 11.5 Å². The lowest BCUT2D eigenvalue weighted by Gasteiger charge is -2.26. The number of carbonyl (C=O) groups excluding carboxylic acids is 1. The monoisotopic (exact) mass is 528 g/mol. The Bertz CT molecular complexity index is 1210. The fraction of sp³-hybridized carbons (Fsp3) is 0.448. The summed E-state index contributed by atoms with van der Waals surface area (Å²) in [6.45, 7) is 6.12. The highest BCUT2D eigenvalue weighted by Crippen LogP contribution is 2.21. The number of hydrogen-bond donors (Lipinski definition) is 2. The molecular weight excluding hydrogens is 492 g/mol. The molecule has 1 amide bonds. The van der Waals surface area contributed by atoms with E-state index in [9.17, 15) is 14.8 Å². The summed E-state index contributed by atoms with van der Waals surface area (Å²) in [7, 11) is 0. The summed E-state index contributed by atoms with van der Waals surface area (Å²) in [5.74, 6) is -0.232. The number of benzene rings is 2. The Hall–Kier alpha value is -2.87. The Balaban J connectivity index is 0.00000380. The van der Waals surface area contributed by atoms with Gasteiger partial charge >= 0.3 is 5.63 Å². The van der Waals surface area contributed by atoms with Crippen LogP contribution in [0.4, 0.5) is 0 Å². The van der Waals surface area contributed by atoms with Crippen molar-refractivity contribution in [2.75, 3.05) is 26.2 Å². The number of rotatable bonds is 11. The molecule has 2 N–H and O–H groups in total. The van der Waals surface area contributed by atoms with Gasteiger partial charge in [-0.05, 0) is 93.9 Å². The molecule has 0 bridgehead atoms. The number of hydrogen-bond acceptors (Lipinski definition) is 6. The largest absolute Gasteiger partial charge is 0.494 e. The first-order chi connectivity index (χ1) is 17.5. The second kappa shape index (κ2) is 14.2. The summed E-state index contributed by atoms with van der Waals surface area (Å²) in [6.07, 6.45) is 6.28. The third-order valence-corrected chi connectivity index (χ3v) is 6.95. The Morgan fingerprint density at radius 1 is 1.11 bits per heavy atom. The predicted octanol–water partition coefficient (Wildman–Crippen LogP) is 5.07. The highest BCUT2D eigenvalue weighted by atomic mass is 35.5. The van der Waals surface area contributed by atoms with Gasteiger partial charge in [-0.3, -0.25) is 10.0 Å². The van der Waals surface area contributed by atoms with E-state index in [4.69, 9.17) is 9.15 Å². The quantitative estimate of drug-likeness (QED) is 0.156. The molecule has 1 aromatic heterocycles. The van der Waals surface area contributed by atoms with Gasteiger partial charge in [-0.15, -0.1) is 12.4 Å². The van der Waals surface area contributed by atoms with Gasteiger partial charge in [0.2, 0.25) is 5.91 Å². The van der Waals surface area contributed by atoms with Crippen LogP contribution in [0.3, 0.4) is 0 Å². The molecule has 1 aliphatic heterocycles. The third-order valence-electron chi connectivity index (χ3n) is 6.95. The fourth-order valence-electron chi connectivity index (χ4n) is 4.84. The first-order valence-corrected chi connectivity index (χ1v) is 12.9. The van der Waals surface area contributed by atoms with Crippen LogP contribution in [0.5, 0.6) is 5.75 Å². The zero-order valence-corrected chi connectivity index (χ0v) is 22.2. The molecule has 37 heavy (non-hydrogen) atoms. The summed E-state index contributed by atoms with van der Waals surface area (Å²) < 4.78 is 11.4. The van der Waals surface area contributed by atoms with Gasteiger partial charge in [0.05, 0.1) is 6.61 Å². The summed E-state index contributed by atoms with van der Waals surface area (Å²) in [5.41, 5.74) is 4.32. The van der Waals surface area contributed by atoms with Crippen LogP contribution in [-0.2, 0) is 17.6 Å². The number of halogens is 1. The lowest BCUT2D eigenvalue weighted by molar-refractivity contribution is -0.133. The number of piperidine rings is 1. The van der Waals surface area contributed by atoms with E-state index in [0.29, 0.717) is 30.6 Å². The van der Waals surface area contributed by atoms with Gasteiger partial charge < -0.3 is 14.1 Å². The van der Waals surface area contributed by atoms with Crippen LogP contribution < -0.4 is 15.8 Å². The number of amides is 1. The summed E-state index contributed by atoms with van der Waals surface area (Å²) in [5, 5.41) is 10.1. The molecule has 2 aromatic carbocycles. The first-order valence-electron chi connectivity index (χ1n) is 12.9. The maximum Gasteiger partial charge on any atom is 0.339 e. The zero-order chi connectivity index (χ0) is 25.3. The molecule has 8 heteroatoms. The number of likely N-dealkylation sites (tertiary alicyclic amines) is 1. The first kappa shape index (κ1) is 28.7. The maximum absolute atomic E-state index is 12.5. The minimum absolute atomic E-state index is 0. The van der Waals surface area contributed by atoms with E-state index in [1.165, 1.54) is 32.4 Å². The minimum atomic E-state index is -0.563. The van der Waals surface area contributed by atoms with Crippen LogP contribution in [0, 0.1) is 12.8 Å². The molecule has 0 radical (unpaired) electrons. The van der Waals surface area contributed by atoms with Crippen LogP contribution in [0.15, 0.2) is 57.7 Å². The molecule has 1 saturated heterocycles.